The molecule has 5 nitrogen and oxygen atoms in total. The predicted molar refractivity (Wildman–Crippen MR) is 85.4 cm³/mol. The molecule has 1 aromatic rings. The standard InChI is InChI=1S/C18H22N2O3/c1-13-5-2-3-6-14(13)15-7-4-11-19(15)18(23)10-12-20-16(21)8-9-17(20)22/h2-3,5-6,15H,4,7-12H2,1H3/t15-/m0/s1. The number of amides is 3. The molecule has 0 spiro atoms. The Morgan fingerprint density at radius 3 is 2.57 bits per heavy atom. The fourth-order valence-corrected chi connectivity index (χ4v) is 3.57. The van der Waals surface area contributed by atoms with Crippen molar-refractivity contribution >= 4 is 17.7 Å². The van der Waals surface area contributed by atoms with Crippen LogP contribution in [0.4, 0.5) is 0 Å². The maximum Gasteiger partial charge on any atom is 0.229 e. The zero-order chi connectivity index (χ0) is 16.4. The minimum absolute atomic E-state index is 0.0308. The molecule has 0 saturated carbocycles. The lowest BCUT2D eigenvalue weighted by Gasteiger charge is -2.27. The molecule has 0 radical (unpaired) electrons. The van der Waals surface area contributed by atoms with E-state index in [1.165, 1.54) is 16.0 Å². The summed E-state index contributed by atoms with van der Waals surface area (Å²) in [6.45, 7) is 3.03. The number of benzene rings is 1. The van der Waals surface area contributed by atoms with E-state index in [-0.39, 0.29) is 49.6 Å². The summed E-state index contributed by atoms with van der Waals surface area (Å²) < 4.78 is 0. The number of aryl methyl sites for hydroxylation is 1. The van der Waals surface area contributed by atoms with Crippen LogP contribution in [0, 0.1) is 6.92 Å². The Labute approximate surface area is 136 Å². The number of rotatable bonds is 4. The van der Waals surface area contributed by atoms with E-state index >= 15 is 0 Å². The molecule has 0 unspecified atom stereocenters. The average molecular weight is 314 g/mol. The Hall–Kier alpha value is -2.17. The Bertz CT molecular complexity index is 625. The van der Waals surface area contributed by atoms with Crippen LogP contribution in [0.5, 0.6) is 0 Å². The van der Waals surface area contributed by atoms with Gasteiger partial charge in [-0.15, -0.1) is 0 Å². The zero-order valence-corrected chi connectivity index (χ0v) is 13.5. The van der Waals surface area contributed by atoms with Crippen molar-refractivity contribution in [2.24, 2.45) is 0 Å². The summed E-state index contributed by atoms with van der Waals surface area (Å²) in [5.74, 6) is -0.275. The van der Waals surface area contributed by atoms with E-state index in [1.807, 2.05) is 17.0 Å². The van der Waals surface area contributed by atoms with Gasteiger partial charge in [-0.3, -0.25) is 19.3 Å². The first-order chi connectivity index (χ1) is 11.1. The summed E-state index contributed by atoms with van der Waals surface area (Å²) in [6.07, 6.45) is 2.75. The van der Waals surface area contributed by atoms with Crippen LogP contribution < -0.4 is 0 Å². The normalized spacial score (nSPS) is 21.3. The number of hydrogen-bond acceptors (Lipinski definition) is 3. The molecule has 3 amide bonds. The summed E-state index contributed by atoms with van der Waals surface area (Å²) in [4.78, 5) is 39.0. The number of hydrogen-bond donors (Lipinski definition) is 0. The van der Waals surface area contributed by atoms with E-state index in [9.17, 15) is 14.4 Å². The smallest absolute Gasteiger partial charge is 0.229 e. The van der Waals surface area contributed by atoms with Gasteiger partial charge in [-0.25, -0.2) is 0 Å². The van der Waals surface area contributed by atoms with Gasteiger partial charge >= 0.3 is 0 Å². The van der Waals surface area contributed by atoms with Crippen molar-refractivity contribution in [3.8, 4) is 0 Å². The van der Waals surface area contributed by atoms with Gasteiger partial charge in [-0.1, -0.05) is 24.3 Å². The van der Waals surface area contributed by atoms with E-state index in [0.29, 0.717) is 0 Å². The van der Waals surface area contributed by atoms with Crippen LogP contribution in [0.15, 0.2) is 24.3 Å². The lowest BCUT2D eigenvalue weighted by Crippen LogP contribution is -2.36. The molecule has 2 saturated heterocycles. The molecule has 0 aromatic heterocycles. The molecule has 3 rings (SSSR count). The molecule has 2 heterocycles. The van der Waals surface area contributed by atoms with Gasteiger partial charge in [0, 0.05) is 32.4 Å². The van der Waals surface area contributed by atoms with Gasteiger partial charge < -0.3 is 4.90 Å². The van der Waals surface area contributed by atoms with Gasteiger partial charge in [0.2, 0.25) is 17.7 Å². The van der Waals surface area contributed by atoms with Gasteiger partial charge in [-0.2, -0.15) is 0 Å². The van der Waals surface area contributed by atoms with Crippen molar-refractivity contribution in [2.75, 3.05) is 13.1 Å². The van der Waals surface area contributed by atoms with Gasteiger partial charge in [-0.05, 0) is 30.9 Å². The SMILES string of the molecule is Cc1ccccc1[C@@H]1CCCN1C(=O)CCN1C(=O)CCC1=O. The summed E-state index contributed by atoms with van der Waals surface area (Å²) in [6, 6.07) is 8.28. The maximum atomic E-state index is 12.6. The summed E-state index contributed by atoms with van der Waals surface area (Å²) in [7, 11) is 0. The van der Waals surface area contributed by atoms with Crippen molar-refractivity contribution in [1.29, 1.82) is 0 Å². The molecule has 0 bridgehead atoms. The number of carbonyl (C=O) groups excluding carboxylic acids is 3. The fourth-order valence-electron chi connectivity index (χ4n) is 3.57. The molecule has 1 aromatic carbocycles. The lowest BCUT2D eigenvalue weighted by atomic mass is 9.99. The predicted octanol–water partition coefficient (Wildman–Crippen LogP) is 2.20. The quantitative estimate of drug-likeness (QED) is 0.801. The lowest BCUT2D eigenvalue weighted by molar-refractivity contribution is -0.139. The maximum absolute atomic E-state index is 12.6. The third-order valence-electron chi connectivity index (χ3n) is 4.82. The Morgan fingerprint density at radius 1 is 1.17 bits per heavy atom. The van der Waals surface area contributed by atoms with Crippen molar-refractivity contribution in [3.63, 3.8) is 0 Å². The van der Waals surface area contributed by atoms with Crippen LogP contribution in [-0.4, -0.2) is 40.6 Å². The molecule has 0 aliphatic carbocycles. The van der Waals surface area contributed by atoms with Crippen molar-refractivity contribution in [2.45, 2.75) is 45.1 Å². The van der Waals surface area contributed by atoms with E-state index in [0.717, 1.165) is 19.4 Å². The molecule has 2 aliphatic heterocycles. The average Bonchev–Trinajstić information content (AvgIpc) is 3.13. The molecule has 122 valence electrons. The van der Waals surface area contributed by atoms with Crippen molar-refractivity contribution < 1.29 is 14.4 Å². The second-order valence-corrected chi connectivity index (χ2v) is 6.29. The highest BCUT2D eigenvalue weighted by Crippen LogP contribution is 2.34. The van der Waals surface area contributed by atoms with E-state index in [4.69, 9.17) is 0 Å². The van der Waals surface area contributed by atoms with Gasteiger partial charge in [0.25, 0.3) is 0 Å². The summed E-state index contributed by atoms with van der Waals surface area (Å²) in [5.41, 5.74) is 2.40. The highest BCUT2D eigenvalue weighted by atomic mass is 16.2. The molecule has 2 fully saturated rings. The van der Waals surface area contributed by atoms with E-state index in [1.54, 1.807) is 0 Å². The highest BCUT2D eigenvalue weighted by molar-refractivity contribution is 6.02. The number of likely N-dealkylation sites (tertiary alicyclic amines) is 2. The van der Waals surface area contributed by atoms with Crippen LogP contribution in [0.3, 0.4) is 0 Å². The Morgan fingerprint density at radius 2 is 1.87 bits per heavy atom. The van der Waals surface area contributed by atoms with Crippen molar-refractivity contribution in [1.82, 2.24) is 9.80 Å². The van der Waals surface area contributed by atoms with Gasteiger partial charge in [0.1, 0.15) is 0 Å². The van der Waals surface area contributed by atoms with Gasteiger partial charge in [0.05, 0.1) is 6.04 Å². The number of carbonyl (C=O) groups is 3. The summed E-state index contributed by atoms with van der Waals surface area (Å²) in [5, 5.41) is 0. The fraction of sp³-hybridized carbons (Fsp3) is 0.500. The molecular formula is C18H22N2O3. The van der Waals surface area contributed by atoms with E-state index < -0.39 is 0 Å². The van der Waals surface area contributed by atoms with Crippen LogP contribution in [0.1, 0.15) is 49.3 Å². The minimum atomic E-state index is -0.153. The monoisotopic (exact) mass is 314 g/mol. The molecule has 5 heteroatoms. The van der Waals surface area contributed by atoms with Crippen LogP contribution in [-0.2, 0) is 14.4 Å². The zero-order valence-electron chi connectivity index (χ0n) is 13.5. The van der Waals surface area contributed by atoms with Gasteiger partial charge in [0.15, 0.2) is 0 Å². The van der Waals surface area contributed by atoms with Crippen molar-refractivity contribution in [3.05, 3.63) is 35.4 Å². The van der Waals surface area contributed by atoms with Crippen LogP contribution in [0.25, 0.3) is 0 Å². The van der Waals surface area contributed by atoms with Crippen LogP contribution >= 0.6 is 0 Å². The molecule has 1 atom stereocenters. The third kappa shape index (κ3) is 3.14. The number of imide groups is 1. The number of nitrogens with zero attached hydrogens (tertiary/aromatic N) is 2. The van der Waals surface area contributed by atoms with Crippen LogP contribution in [0.2, 0.25) is 0 Å². The molecular weight excluding hydrogens is 292 g/mol. The third-order valence-corrected chi connectivity index (χ3v) is 4.82. The second-order valence-electron chi connectivity index (χ2n) is 6.29. The second kappa shape index (κ2) is 6.52. The van der Waals surface area contributed by atoms with E-state index in [2.05, 4.69) is 19.1 Å². The largest absolute Gasteiger partial charge is 0.336 e. The first-order valence-electron chi connectivity index (χ1n) is 8.26. The Balaban J connectivity index is 1.66. The Kier molecular flexibility index (Phi) is 4.46. The first-order valence-corrected chi connectivity index (χ1v) is 8.26. The first kappa shape index (κ1) is 15.7. The topological polar surface area (TPSA) is 57.7 Å². The molecule has 23 heavy (non-hydrogen) atoms. The molecule has 0 N–H and O–H groups in total. The highest BCUT2D eigenvalue weighted by Gasteiger charge is 2.33. The molecule has 2 aliphatic rings. The minimum Gasteiger partial charge on any atom is -0.336 e. The summed E-state index contributed by atoms with van der Waals surface area (Å²) >= 11 is 0.